The molecule has 0 N–H and O–H groups in total. The molecule has 5 heteroatoms. The van der Waals surface area contributed by atoms with Crippen LogP contribution >= 0.6 is 11.6 Å². The van der Waals surface area contributed by atoms with E-state index in [2.05, 4.69) is 11.1 Å². The molecule has 0 saturated heterocycles. The number of rotatable bonds is 4. The predicted octanol–water partition coefficient (Wildman–Crippen LogP) is 2.53. The molecule has 1 heterocycles. The Morgan fingerprint density at radius 3 is 2.83 bits per heavy atom. The smallest absolute Gasteiger partial charge is 0.253 e. The van der Waals surface area contributed by atoms with Gasteiger partial charge in [0.1, 0.15) is 5.15 Å². The van der Waals surface area contributed by atoms with E-state index in [9.17, 15) is 4.79 Å². The van der Waals surface area contributed by atoms with Crippen molar-refractivity contribution in [2.45, 2.75) is 20.3 Å². The summed E-state index contributed by atoms with van der Waals surface area (Å²) in [5, 5.41) is 9.06. The lowest BCUT2D eigenvalue weighted by Crippen LogP contribution is -2.30. The number of nitrogens with zero attached hydrogens (tertiary/aromatic N) is 3. The van der Waals surface area contributed by atoms with Gasteiger partial charge in [0.05, 0.1) is 12.0 Å². The molecule has 0 fully saturated rings. The minimum absolute atomic E-state index is 0.142. The first kappa shape index (κ1) is 14.5. The molecule has 96 valence electrons. The Balaban J connectivity index is 2.90. The van der Waals surface area contributed by atoms with Gasteiger partial charge in [-0.3, -0.25) is 4.79 Å². The Bertz CT molecular complexity index is 482. The van der Waals surface area contributed by atoms with E-state index < -0.39 is 0 Å². The van der Waals surface area contributed by atoms with Crippen LogP contribution in [0, 0.1) is 17.2 Å². The van der Waals surface area contributed by atoms with Crippen molar-refractivity contribution in [2.24, 2.45) is 5.92 Å². The van der Waals surface area contributed by atoms with Crippen molar-refractivity contribution in [1.29, 1.82) is 5.26 Å². The van der Waals surface area contributed by atoms with Crippen molar-refractivity contribution in [3.63, 3.8) is 0 Å². The fraction of sp³-hybridized carbons (Fsp3) is 0.462. The molecule has 1 amide bonds. The predicted molar refractivity (Wildman–Crippen MR) is 70.4 cm³/mol. The third kappa shape index (κ3) is 3.71. The molecule has 1 unspecified atom stereocenters. The van der Waals surface area contributed by atoms with Crippen LogP contribution in [0.1, 0.15) is 29.9 Å². The summed E-state index contributed by atoms with van der Waals surface area (Å²) >= 11 is 5.88. The Kier molecular flexibility index (Phi) is 5.11. The summed E-state index contributed by atoms with van der Waals surface area (Å²) in [5.74, 6) is -0.335. The average molecular weight is 266 g/mol. The van der Waals surface area contributed by atoms with Crippen LogP contribution in [0.3, 0.4) is 0 Å². The molecular weight excluding hydrogens is 250 g/mol. The Morgan fingerprint density at radius 1 is 1.61 bits per heavy atom. The zero-order valence-electron chi connectivity index (χ0n) is 10.8. The standard InChI is InChI=1S/C13H16ClN3O/c1-4-11-5-10(6-12(14)16-11)13(18)17(3)8-9(2)7-15/h5-6,9H,4,8H2,1-3H3. The van der Waals surface area contributed by atoms with Crippen LogP contribution < -0.4 is 0 Å². The minimum Gasteiger partial charge on any atom is -0.340 e. The Labute approximate surface area is 112 Å². The Morgan fingerprint density at radius 2 is 2.28 bits per heavy atom. The molecule has 0 aliphatic carbocycles. The maximum atomic E-state index is 12.1. The van der Waals surface area contributed by atoms with Crippen molar-refractivity contribution in [1.82, 2.24) is 9.88 Å². The summed E-state index contributed by atoms with van der Waals surface area (Å²) in [6.07, 6.45) is 0.721. The molecule has 1 aromatic heterocycles. The van der Waals surface area contributed by atoms with Gasteiger partial charge in [0.25, 0.3) is 5.91 Å². The average Bonchev–Trinajstić information content (AvgIpc) is 2.36. The van der Waals surface area contributed by atoms with Gasteiger partial charge in [-0.15, -0.1) is 0 Å². The highest BCUT2D eigenvalue weighted by molar-refractivity contribution is 6.29. The summed E-state index contributed by atoms with van der Waals surface area (Å²) in [6.45, 7) is 4.13. The topological polar surface area (TPSA) is 57.0 Å². The van der Waals surface area contributed by atoms with E-state index in [1.54, 1.807) is 26.1 Å². The minimum atomic E-state index is -0.193. The fourth-order valence-electron chi connectivity index (χ4n) is 1.61. The number of pyridine rings is 1. The summed E-state index contributed by atoms with van der Waals surface area (Å²) in [7, 11) is 1.68. The molecule has 1 atom stereocenters. The van der Waals surface area contributed by atoms with Crippen molar-refractivity contribution < 1.29 is 4.79 Å². The number of hydrogen-bond donors (Lipinski definition) is 0. The number of carbonyl (C=O) groups is 1. The molecule has 4 nitrogen and oxygen atoms in total. The monoisotopic (exact) mass is 265 g/mol. The van der Waals surface area contributed by atoms with Crippen LogP contribution in [0.4, 0.5) is 0 Å². The third-order valence-corrected chi connectivity index (χ3v) is 2.76. The number of aromatic nitrogens is 1. The molecule has 0 bridgehead atoms. The van der Waals surface area contributed by atoms with Gasteiger partial charge >= 0.3 is 0 Å². The molecule has 1 rings (SSSR count). The van der Waals surface area contributed by atoms with Gasteiger partial charge in [-0.05, 0) is 25.5 Å². The number of nitriles is 1. The van der Waals surface area contributed by atoms with Gasteiger partial charge in [-0.25, -0.2) is 4.98 Å². The zero-order chi connectivity index (χ0) is 13.7. The van der Waals surface area contributed by atoms with Crippen molar-refractivity contribution in [3.05, 3.63) is 28.5 Å². The van der Waals surface area contributed by atoms with E-state index in [0.29, 0.717) is 17.3 Å². The van der Waals surface area contributed by atoms with E-state index in [1.165, 1.54) is 4.90 Å². The van der Waals surface area contributed by atoms with E-state index in [1.807, 2.05) is 6.92 Å². The van der Waals surface area contributed by atoms with E-state index in [0.717, 1.165) is 12.1 Å². The number of aryl methyl sites for hydroxylation is 1. The van der Waals surface area contributed by atoms with Gasteiger partial charge in [0, 0.05) is 24.8 Å². The van der Waals surface area contributed by atoms with Crippen molar-refractivity contribution in [2.75, 3.05) is 13.6 Å². The molecule has 0 aromatic carbocycles. The molecular formula is C13H16ClN3O. The lowest BCUT2D eigenvalue weighted by atomic mass is 10.1. The lowest BCUT2D eigenvalue weighted by molar-refractivity contribution is 0.0785. The van der Waals surface area contributed by atoms with E-state index >= 15 is 0 Å². The number of amides is 1. The first-order valence-electron chi connectivity index (χ1n) is 5.79. The highest BCUT2D eigenvalue weighted by Gasteiger charge is 2.15. The first-order chi connectivity index (χ1) is 8.47. The number of halogens is 1. The molecule has 0 spiro atoms. The van der Waals surface area contributed by atoms with Crippen molar-refractivity contribution >= 4 is 17.5 Å². The first-order valence-corrected chi connectivity index (χ1v) is 6.17. The number of carbonyl (C=O) groups excluding carboxylic acids is 1. The summed E-state index contributed by atoms with van der Waals surface area (Å²) in [4.78, 5) is 17.8. The van der Waals surface area contributed by atoms with Crippen LogP contribution in [0.25, 0.3) is 0 Å². The van der Waals surface area contributed by atoms with E-state index in [-0.39, 0.29) is 11.8 Å². The largest absolute Gasteiger partial charge is 0.340 e. The second-order valence-corrected chi connectivity index (χ2v) is 4.63. The quantitative estimate of drug-likeness (QED) is 0.786. The van der Waals surface area contributed by atoms with Gasteiger partial charge in [-0.2, -0.15) is 5.26 Å². The molecule has 1 aromatic rings. The van der Waals surface area contributed by atoms with E-state index in [4.69, 9.17) is 16.9 Å². The second kappa shape index (κ2) is 6.36. The Hall–Kier alpha value is -1.60. The van der Waals surface area contributed by atoms with Crippen LogP contribution in [-0.4, -0.2) is 29.4 Å². The van der Waals surface area contributed by atoms with Gasteiger partial charge in [-0.1, -0.05) is 18.5 Å². The normalized spacial score (nSPS) is 11.7. The maximum Gasteiger partial charge on any atom is 0.253 e. The van der Waals surface area contributed by atoms with Gasteiger partial charge in [0.15, 0.2) is 0 Å². The molecule has 0 aliphatic rings. The van der Waals surface area contributed by atoms with Gasteiger partial charge < -0.3 is 4.90 Å². The summed E-state index contributed by atoms with van der Waals surface area (Å²) < 4.78 is 0. The van der Waals surface area contributed by atoms with Gasteiger partial charge in [0.2, 0.25) is 0 Å². The SMILES string of the molecule is CCc1cc(C(=O)N(C)CC(C)C#N)cc(Cl)n1. The molecule has 0 aliphatic heterocycles. The second-order valence-electron chi connectivity index (χ2n) is 4.24. The fourth-order valence-corrected chi connectivity index (χ4v) is 1.84. The molecule has 0 saturated carbocycles. The summed E-state index contributed by atoms with van der Waals surface area (Å²) in [5.41, 5.74) is 1.30. The molecule has 18 heavy (non-hydrogen) atoms. The van der Waals surface area contributed by atoms with Crippen LogP contribution in [0.15, 0.2) is 12.1 Å². The van der Waals surface area contributed by atoms with Crippen LogP contribution in [0.2, 0.25) is 5.15 Å². The lowest BCUT2D eigenvalue weighted by Gasteiger charge is -2.18. The summed E-state index contributed by atoms with van der Waals surface area (Å²) in [6, 6.07) is 5.39. The molecule has 0 radical (unpaired) electrons. The highest BCUT2D eigenvalue weighted by Crippen LogP contribution is 2.13. The third-order valence-electron chi connectivity index (χ3n) is 2.57. The van der Waals surface area contributed by atoms with Crippen LogP contribution in [0.5, 0.6) is 0 Å². The zero-order valence-corrected chi connectivity index (χ0v) is 11.5. The van der Waals surface area contributed by atoms with Crippen LogP contribution in [-0.2, 0) is 6.42 Å². The van der Waals surface area contributed by atoms with Crippen molar-refractivity contribution in [3.8, 4) is 6.07 Å². The maximum absolute atomic E-state index is 12.1. The number of hydrogen-bond acceptors (Lipinski definition) is 3. The highest BCUT2D eigenvalue weighted by atomic mass is 35.5.